The Labute approximate surface area is 180 Å². The highest BCUT2D eigenvalue weighted by atomic mass is 32.2. The molecule has 0 saturated carbocycles. The molecule has 1 atom stereocenters. The summed E-state index contributed by atoms with van der Waals surface area (Å²) in [5.41, 5.74) is 2.22. The first kappa shape index (κ1) is 19.0. The van der Waals surface area contributed by atoms with Crippen LogP contribution in [0.3, 0.4) is 0 Å². The number of hydrogen-bond donors (Lipinski definition) is 0. The first-order valence-electron chi connectivity index (χ1n) is 9.72. The minimum absolute atomic E-state index is 0.0416. The molecule has 0 N–H and O–H groups in total. The smallest absolute Gasteiger partial charge is 0.258 e. The van der Waals surface area contributed by atoms with Crippen molar-refractivity contribution in [2.75, 3.05) is 0 Å². The first-order valence-corrected chi connectivity index (χ1v) is 12.4. The van der Waals surface area contributed by atoms with Gasteiger partial charge in [0.15, 0.2) is 15.9 Å². The fourth-order valence-electron chi connectivity index (χ4n) is 3.81. The molecule has 5 rings (SSSR count). The average Bonchev–Trinajstić information content (AvgIpc) is 3.43. The zero-order chi connectivity index (χ0) is 20.0. The van der Waals surface area contributed by atoms with Crippen molar-refractivity contribution in [1.82, 2.24) is 24.1 Å². The van der Waals surface area contributed by atoms with E-state index in [0.29, 0.717) is 5.75 Å². The number of thiazole rings is 1. The van der Waals surface area contributed by atoms with E-state index in [0.717, 1.165) is 27.6 Å². The molecule has 0 aromatic carbocycles. The summed E-state index contributed by atoms with van der Waals surface area (Å²) >= 11 is 4.89. The third-order valence-corrected chi connectivity index (χ3v) is 8.57. The van der Waals surface area contributed by atoms with Crippen LogP contribution in [0.15, 0.2) is 33.7 Å². The summed E-state index contributed by atoms with van der Waals surface area (Å²) in [7, 11) is 2.01. The van der Waals surface area contributed by atoms with Crippen molar-refractivity contribution in [3.05, 3.63) is 50.2 Å². The van der Waals surface area contributed by atoms with E-state index in [4.69, 9.17) is 0 Å². The Hall–Kier alpha value is -1.97. The van der Waals surface area contributed by atoms with Gasteiger partial charge in [-0.25, -0.2) is 4.98 Å². The lowest BCUT2D eigenvalue weighted by Crippen LogP contribution is -2.12. The molecule has 0 fully saturated rings. The van der Waals surface area contributed by atoms with Crippen LogP contribution in [0.5, 0.6) is 0 Å². The van der Waals surface area contributed by atoms with Crippen molar-refractivity contribution in [2.45, 2.75) is 43.5 Å². The highest BCUT2D eigenvalue weighted by molar-refractivity contribution is 7.98. The van der Waals surface area contributed by atoms with Gasteiger partial charge in [-0.05, 0) is 36.8 Å². The molecule has 4 aromatic rings. The minimum Gasteiger partial charge on any atom is -0.304 e. The fraction of sp³-hybridized carbons (Fsp3) is 0.400. The zero-order valence-electron chi connectivity index (χ0n) is 16.3. The zero-order valence-corrected chi connectivity index (χ0v) is 18.7. The molecule has 4 heterocycles. The lowest BCUT2D eigenvalue weighted by Gasteiger charge is -2.19. The van der Waals surface area contributed by atoms with Crippen LogP contribution in [0.25, 0.3) is 15.7 Å². The molecular formula is C20H21N5OS3. The van der Waals surface area contributed by atoms with Gasteiger partial charge in [0, 0.05) is 35.3 Å². The fourth-order valence-corrected chi connectivity index (χ4v) is 6.58. The maximum Gasteiger partial charge on any atom is 0.258 e. The summed E-state index contributed by atoms with van der Waals surface area (Å²) in [6.07, 6.45) is 6.68. The van der Waals surface area contributed by atoms with Crippen LogP contribution in [-0.2, 0) is 25.6 Å². The van der Waals surface area contributed by atoms with Crippen LogP contribution in [0.4, 0.5) is 0 Å². The summed E-state index contributed by atoms with van der Waals surface area (Å²) in [5, 5.41) is 11.6. The maximum absolute atomic E-state index is 12.2. The van der Waals surface area contributed by atoms with Gasteiger partial charge in [-0.15, -0.1) is 32.9 Å². The number of aromatic nitrogens is 5. The Morgan fingerprint density at radius 3 is 3.07 bits per heavy atom. The van der Waals surface area contributed by atoms with Crippen LogP contribution >= 0.6 is 34.4 Å². The van der Waals surface area contributed by atoms with E-state index in [1.807, 2.05) is 23.8 Å². The molecule has 1 aliphatic carbocycles. The molecule has 6 nitrogen and oxygen atoms in total. The monoisotopic (exact) mass is 443 g/mol. The van der Waals surface area contributed by atoms with Gasteiger partial charge < -0.3 is 4.57 Å². The molecule has 0 amide bonds. The second kappa shape index (κ2) is 7.70. The molecule has 4 aromatic heterocycles. The van der Waals surface area contributed by atoms with Crippen molar-refractivity contribution in [3.8, 4) is 10.7 Å². The Morgan fingerprint density at radius 1 is 1.31 bits per heavy atom. The van der Waals surface area contributed by atoms with Gasteiger partial charge in [0.1, 0.15) is 0 Å². The normalized spacial score (nSPS) is 16.4. The number of thioether (sulfide) groups is 1. The van der Waals surface area contributed by atoms with Gasteiger partial charge in [0.2, 0.25) is 0 Å². The molecule has 0 bridgehead atoms. The molecule has 0 spiro atoms. The van der Waals surface area contributed by atoms with Crippen molar-refractivity contribution in [3.63, 3.8) is 0 Å². The van der Waals surface area contributed by atoms with Gasteiger partial charge in [-0.1, -0.05) is 25.1 Å². The number of rotatable bonds is 5. The van der Waals surface area contributed by atoms with Crippen molar-refractivity contribution in [1.29, 1.82) is 0 Å². The largest absolute Gasteiger partial charge is 0.304 e. The molecule has 29 heavy (non-hydrogen) atoms. The van der Waals surface area contributed by atoms with Crippen LogP contribution in [-0.4, -0.2) is 24.1 Å². The third-order valence-electron chi connectivity index (χ3n) is 5.52. The Balaban J connectivity index is 1.36. The third kappa shape index (κ3) is 3.55. The SMILES string of the molecule is CCC1CCc2sc(-c3nnc(SCc4cc(=O)n5ccsc5n4)n3C)cc2C1. The van der Waals surface area contributed by atoms with E-state index < -0.39 is 0 Å². The van der Waals surface area contributed by atoms with Crippen LogP contribution in [0, 0.1) is 5.92 Å². The molecule has 0 radical (unpaired) electrons. The minimum atomic E-state index is -0.0416. The Morgan fingerprint density at radius 2 is 2.21 bits per heavy atom. The van der Waals surface area contributed by atoms with Gasteiger partial charge in [-0.2, -0.15) is 0 Å². The topological polar surface area (TPSA) is 65.1 Å². The number of thiophene rings is 1. The van der Waals surface area contributed by atoms with E-state index in [1.54, 1.807) is 28.4 Å². The molecule has 1 aliphatic rings. The lowest BCUT2D eigenvalue weighted by atomic mass is 9.87. The quantitative estimate of drug-likeness (QED) is 0.427. The van der Waals surface area contributed by atoms with Crippen LogP contribution in [0.1, 0.15) is 35.9 Å². The summed E-state index contributed by atoms with van der Waals surface area (Å²) in [5.74, 6) is 2.32. The predicted octanol–water partition coefficient (Wildman–Crippen LogP) is 4.42. The number of aryl methyl sites for hydroxylation is 1. The predicted molar refractivity (Wildman–Crippen MR) is 119 cm³/mol. The maximum atomic E-state index is 12.2. The first-order chi connectivity index (χ1) is 14.1. The summed E-state index contributed by atoms with van der Waals surface area (Å²) in [6.45, 7) is 2.29. The van der Waals surface area contributed by atoms with Gasteiger partial charge in [0.05, 0.1) is 10.6 Å². The second-order valence-electron chi connectivity index (χ2n) is 7.37. The van der Waals surface area contributed by atoms with E-state index in [1.165, 1.54) is 52.3 Å². The lowest BCUT2D eigenvalue weighted by molar-refractivity contribution is 0.449. The number of fused-ring (bicyclic) bond motifs is 2. The van der Waals surface area contributed by atoms with E-state index in [2.05, 4.69) is 32.7 Å². The molecule has 150 valence electrons. The standard InChI is InChI=1S/C20H21N5OS3/c1-3-12-4-5-15-13(8-12)9-16(29-15)18-22-23-20(24(18)2)28-11-14-10-17(26)25-6-7-27-19(25)21-14/h6-7,9-10,12H,3-5,8,11H2,1-2H3. The Bertz CT molecular complexity index is 1230. The van der Waals surface area contributed by atoms with Crippen LogP contribution < -0.4 is 5.56 Å². The Kier molecular flexibility index (Phi) is 5.05. The second-order valence-corrected chi connectivity index (χ2v) is 10.3. The van der Waals surface area contributed by atoms with Crippen molar-refractivity contribution in [2.24, 2.45) is 13.0 Å². The molecule has 0 aliphatic heterocycles. The van der Waals surface area contributed by atoms with E-state index in [9.17, 15) is 4.79 Å². The highest BCUT2D eigenvalue weighted by Gasteiger charge is 2.22. The highest BCUT2D eigenvalue weighted by Crippen LogP contribution is 2.38. The molecule has 9 heteroatoms. The molecular weight excluding hydrogens is 422 g/mol. The number of nitrogens with zero attached hydrogens (tertiary/aromatic N) is 5. The van der Waals surface area contributed by atoms with Gasteiger partial charge in [-0.3, -0.25) is 9.20 Å². The summed E-state index contributed by atoms with van der Waals surface area (Å²) < 4.78 is 3.62. The van der Waals surface area contributed by atoms with Crippen LogP contribution in [0.2, 0.25) is 0 Å². The van der Waals surface area contributed by atoms with Crippen molar-refractivity contribution < 1.29 is 0 Å². The molecule has 0 saturated heterocycles. The molecule has 1 unspecified atom stereocenters. The summed E-state index contributed by atoms with van der Waals surface area (Å²) in [6, 6.07) is 3.91. The van der Waals surface area contributed by atoms with Gasteiger partial charge in [0.25, 0.3) is 5.56 Å². The van der Waals surface area contributed by atoms with E-state index >= 15 is 0 Å². The van der Waals surface area contributed by atoms with E-state index in [-0.39, 0.29) is 5.56 Å². The summed E-state index contributed by atoms with van der Waals surface area (Å²) in [4.78, 5) is 20.2. The average molecular weight is 444 g/mol. The van der Waals surface area contributed by atoms with Gasteiger partial charge >= 0.3 is 0 Å². The number of hydrogen-bond acceptors (Lipinski definition) is 7. The van der Waals surface area contributed by atoms with Crippen molar-refractivity contribution >= 4 is 39.4 Å².